The number of fused-ring (bicyclic) bond motifs is 1. The van der Waals surface area contributed by atoms with E-state index in [0.717, 1.165) is 4.57 Å². The molecule has 1 aromatic heterocycles. The number of hydrogen-bond donors (Lipinski definition) is 1. The lowest BCUT2D eigenvalue weighted by Crippen LogP contribution is -2.32. The maximum Gasteiger partial charge on any atom is 0.328 e. The Morgan fingerprint density at radius 1 is 1.40 bits per heavy atom. The van der Waals surface area contributed by atoms with Gasteiger partial charge in [-0.15, -0.1) is 0 Å². The molecule has 2 aromatic rings. The highest BCUT2D eigenvalue weighted by Crippen LogP contribution is 2.23. The Balaban J connectivity index is 3.13. The van der Waals surface area contributed by atoms with Gasteiger partial charge in [0.1, 0.15) is 0 Å². The second-order valence-corrected chi connectivity index (χ2v) is 4.43. The summed E-state index contributed by atoms with van der Waals surface area (Å²) in [6, 6.07) is 3.26. The van der Waals surface area contributed by atoms with Gasteiger partial charge in [-0.1, -0.05) is 27.5 Å². The Kier molecular flexibility index (Phi) is 2.44. The van der Waals surface area contributed by atoms with Crippen LogP contribution >= 0.6 is 27.5 Å². The zero-order chi connectivity index (χ0) is 11.2. The van der Waals surface area contributed by atoms with Crippen LogP contribution in [0.5, 0.6) is 0 Å². The normalized spacial score (nSPS) is 10.9. The van der Waals surface area contributed by atoms with Crippen LogP contribution in [0, 0.1) is 0 Å². The largest absolute Gasteiger partial charge is 0.328 e. The highest BCUT2D eigenvalue weighted by molar-refractivity contribution is 9.10. The van der Waals surface area contributed by atoms with Gasteiger partial charge in [0.05, 0.1) is 15.9 Å². The van der Waals surface area contributed by atoms with Crippen molar-refractivity contribution in [2.75, 3.05) is 0 Å². The molecule has 0 saturated heterocycles. The van der Waals surface area contributed by atoms with E-state index in [0.29, 0.717) is 20.4 Å². The number of nitrogens with zero attached hydrogens (tertiary/aromatic N) is 1. The molecule has 4 nitrogen and oxygen atoms in total. The van der Waals surface area contributed by atoms with Crippen LogP contribution in [-0.4, -0.2) is 9.55 Å². The predicted octanol–water partition coefficient (Wildman–Crippen LogP) is 1.64. The fourth-order valence-corrected chi connectivity index (χ4v) is 2.24. The molecule has 1 heterocycles. The Morgan fingerprint density at radius 3 is 2.73 bits per heavy atom. The highest BCUT2D eigenvalue weighted by Gasteiger charge is 2.08. The van der Waals surface area contributed by atoms with Gasteiger partial charge in [0, 0.05) is 11.5 Å². The zero-order valence-electron chi connectivity index (χ0n) is 7.67. The number of rotatable bonds is 0. The first kappa shape index (κ1) is 10.4. The van der Waals surface area contributed by atoms with Crippen molar-refractivity contribution >= 4 is 38.4 Å². The van der Waals surface area contributed by atoms with Crippen molar-refractivity contribution in [2.24, 2.45) is 7.05 Å². The molecule has 0 aliphatic carbocycles. The zero-order valence-corrected chi connectivity index (χ0v) is 10.0. The van der Waals surface area contributed by atoms with Crippen LogP contribution in [-0.2, 0) is 7.05 Å². The average molecular weight is 290 g/mol. The second kappa shape index (κ2) is 3.50. The van der Waals surface area contributed by atoms with Crippen LogP contribution in [0.4, 0.5) is 0 Å². The van der Waals surface area contributed by atoms with E-state index in [1.54, 1.807) is 12.1 Å². The van der Waals surface area contributed by atoms with Crippen molar-refractivity contribution in [1.82, 2.24) is 9.55 Å². The van der Waals surface area contributed by atoms with Crippen molar-refractivity contribution in [3.8, 4) is 0 Å². The van der Waals surface area contributed by atoms with Crippen LogP contribution in [0.3, 0.4) is 0 Å². The molecule has 0 unspecified atom stereocenters. The molecule has 15 heavy (non-hydrogen) atoms. The predicted molar refractivity (Wildman–Crippen MR) is 62.5 cm³/mol. The second-order valence-electron chi connectivity index (χ2n) is 3.10. The maximum atomic E-state index is 11.7. The molecule has 0 amide bonds. The molecular weight excluding hydrogens is 283 g/mol. The third kappa shape index (κ3) is 1.61. The lowest BCUT2D eigenvalue weighted by atomic mass is 10.2. The van der Waals surface area contributed by atoms with Gasteiger partial charge >= 0.3 is 5.69 Å². The molecule has 6 heteroatoms. The Bertz CT molecular complexity index is 659. The highest BCUT2D eigenvalue weighted by atomic mass is 79.9. The van der Waals surface area contributed by atoms with Crippen molar-refractivity contribution in [3.63, 3.8) is 0 Å². The van der Waals surface area contributed by atoms with Crippen LogP contribution in [0.2, 0.25) is 5.02 Å². The summed E-state index contributed by atoms with van der Waals surface area (Å²) in [4.78, 5) is 25.6. The molecule has 1 N–H and O–H groups in total. The first-order valence-electron chi connectivity index (χ1n) is 4.09. The van der Waals surface area contributed by atoms with Crippen molar-refractivity contribution < 1.29 is 0 Å². The van der Waals surface area contributed by atoms with E-state index >= 15 is 0 Å². The SMILES string of the molecule is Cn1c(=O)[nH]c2cc(Br)cc(Cl)c2c1=O. The third-order valence-electron chi connectivity index (χ3n) is 2.12. The molecule has 0 atom stereocenters. The molecule has 0 radical (unpaired) electrons. The smallest absolute Gasteiger partial charge is 0.307 e. The lowest BCUT2D eigenvalue weighted by molar-refractivity contribution is 0.794. The molecular formula is C9H6BrClN2O2. The molecule has 0 spiro atoms. The Labute approximate surface area is 97.6 Å². The first-order valence-corrected chi connectivity index (χ1v) is 5.26. The topological polar surface area (TPSA) is 54.9 Å². The lowest BCUT2D eigenvalue weighted by Gasteiger charge is -2.03. The minimum Gasteiger partial charge on any atom is -0.307 e. The quantitative estimate of drug-likeness (QED) is 0.801. The average Bonchev–Trinajstić information content (AvgIpc) is 2.13. The molecule has 0 bridgehead atoms. The summed E-state index contributed by atoms with van der Waals surface area (Å²) in [7, 11) is 1.40. The maximum absolute atomic E-state index is 11.7. The number of aromatic amines is 1. The van der Waals surface area contributed by atoms with Gasteiger partial charge in [0.2, 0.25) is 0 Å². The molecule has 78 valence electrons. The van der Waals surface area contributed by atoms with Crippen molar-refractivity contribution in [2.45, 2.75) is 0 Å². The summed E-state index contributed by atoms with van der Waals surface area (Å²) >= 11 is 9.16. The van der Waals surface area contributed by atoms with E-state index in [-0.39, 0.29) is 0 Å². The van der Waals surface area contributed by atoms with Gasteiger partial charge in [-0.3, -0.25) is 9.36 Å². The van der Waals surface area contributed by atoms with Crippen LogP contribution < -0.4 is 11.2 Å². The van der Waals surface area contributed by atoms with E-state index in [2.05, 4.69) is 20.9 Å². The third-order valence-corrected chi connectivity index (χ3v) is 2.88. The summed E-state index contributed by atoms with van der Waals surface area (Å²) in [6.45, 7) is 0. The van der Waals surface area contributed by atoms with Crippen LogP contribution in [0.25, 0.3) is 10.9 Å². The number of benzene rings is 1. The van der Waals surface area contributed by atoms with Crippen LogP contribution in [0.15, 0.2) is 26.2 Å². The summed E-state index contributed by atoms with van der Waals surface area (Å²) < 4.78 is 1.70. The van der Waals surface area contributed by atoms with Gasteiger partial charge < -0.3 is 4.98 Å². The molecule has 0 aliphatic heterocycles. The number of H-pyrrole nitrogens is 1. The Morgan fingerprint density at radius 2 is 2.07 bits per heavy atom. The van der Waals surface area contributed by atoms with Crippen molar-refractivity contribution in [3.05, 3.63) is 42.5 Å². The summed E-state index contributed by atoms with van der Waals surface area (Å²) in [5, 5.41) is 0.637. The molecule has 1 aromatic carbocycles. The van der Waals surface area contributed by atoms with Gasteiger partial charge in [-0.2, -0.15) is 0 Å². The monoisotopic (exact) mass is 288 g/mol. The van der Waals surface area contributed by atoms with Gasteiger partial charge in [0.15, 0.2) is 0 Å². The molecule has 2 rings (SSSR count). The molecule has 0 aliphatic rings. The van der Waals surface area contributed by atoms with E-state index < -0.39 is 11.2 Å². The van der Waals surface area contributed by atoms with E-state index in [1.165, 1.54) is 7.05 Å². The van der Waals surface area contributed by atoms with Gasteiger partial charge in [-0.25, -0.2) is 4.79 Å². The number of aromatic nitrogens is 2. The molecule has 0 fully saturated rings. The fourth-order valence-electron chi connectivity index (χ4n) is 1.35. The minimum absolute atomic E-state index is 0.316. The number of nitrogens with one attached hydrogen (secondary N) is 1. The van der Waals surface area contributed by atoms with Crippen molar-refractivity contribution in [1.29, 1.82) is 0 Å². The van der Waals surface area contributed by atoms with E-state index in [1.807, 2.05) is 0 Å². The van der Waals surface area contributed by atoms with Gasteiger partial charge in [0.25, 0.3) is 5.56 Å². The van der Waals surface area contributed by atoms with E-state index in [9.17, 15) is 9.59 Å². The first-order chi connectivity index (χ1) is 7.00. The Hall–Kier alpha value is -1.07. The van der Waals surface area contributed by atoms with Crippen LogP contribution in [0.1, 0.15) is 0 Å². The van der Waals surface area contributed by atoms with E-state index in [4.69, 9.17) is 11.6 Å². The minimum atomic E-state index is -0.457. The standard InChI is InChI=1S/C9H6BrClN2O2/c1-13-8(14)7-5(11)2-4(10)3-6(7)12-9(13)15/h2-3H,1H3,(H,12,15). The molecule has 0 saturated carbocycles. The fraction of sp³-hybridized carbons (Fsp3) is 0.111. The summed E-state index contributed by atoms with van der Waals surface area (Å²) in [6.07, 6.45) is 0. The summed E-state index contributed by atoms with van der Waals surface area (Å²) in [5.74, 6) is 0. The number of halogens is 2. The summed E-state index contributed by atoms with van der Waals surface area (Å²) in [5.41, 5.74) is -0.421. The van der Waals surface area contributed by atoms with Gasteiger partial charge in [-0.05, 0) is 12.1 Å². The number of hydrogen-bond acceptors (Lipinski definition) is 2.